The van der Waals surface area contributed by atoms with Gasteiger partial charge in [0.1, 0.15) is 0 Å². The molecule has 1 amide bonds. The Morgan fingerprint density at radius 3 is 2.74 bits per heavy atom. The molecule has 0 saturated heterocycles. The van der Waals surface area contributed by atoms with Crippen molar-refractivity contribution in [2.75, 3.05) is 17.2 Å². The standard InChI is InChI=1S/C14H17N3OS/c1-4-15-11-5-6-12(9(2)7-11)13(18)17-14-16-8-10(3)19-14/h5-8,15H,4H2,1-3H3,(H,16,17,18). The molecule has 0 spiro atoms. The van der Waals surface area contributed by atoms with Gasteiger partial charge in [0.15, 0.2) is 5.13 Å². The maximum absolute atomic E-state index is 12.1. The number of hydrogen-bond acceptors (Lipinski definition) is 4. The predicted molar refractivity (Wildman–Crippen MR) is 80.1 cm³/mol. The first-order chi connectivity index (χ1) is 9.10. The normalized spacial score (nSPS) is 10.3. The molecular weight excluding hydrogens is 258 g/mol. The van der Waals surface area contributed by atoms with Crippen LogP contribution in [-0.2, 0) is 0 Å². The van der Waals surface area contributed by atoms with Gasteiger partial charge in [0.25, 0.3) is 5.91 Å². The van der Waals surface area contributed by atoms with Crippen LogP contribution in [0.4, 0.5) is 10.8 Å². The zero-order valence-corrected chi connectivity index (χ0v) is 12.1. The monoisotopic (exact) mass is 275 g/mol. The molecule has 0 bridgehead atoms. The average Bonchev–Trinajstić information content (AvgIpc) is 2.75. The van der Waals surface area contributed by atoms with E-state index in [1.54, 1.807) is 6.20 Å². The first-order valence-electron chi connectivity index (χ1n) is 6.18. The number of carbonyl (C=O) groups is 1. The summed E-state index contributed by atoms with van der Waals surface area (Å²) < 4.78 is 0. The van der Waals surface area contributed by atoms with Crippen molar-refractivity contribution in [1.29, 1.82) is 0 Å². The summed E-state index contributed by atoms with van der Waals surface area (Å²) in [6, 6.07) is 5.73. The number of rotatable bonds is 4. The second-order valence-corrected chi connectivity index (χ2v) is 5.52. The smallest absolute Gasteiger partial charge is 0.257 e. The Labute approximate surface area is 116 Å². The van der Waals surface area contributed by atoms with E-state index in [9.17, 15) is 4.79 Å². The molecule has 0 aliphatic carbocycles. The highest BCUT2D eigenvalue weighted by Gasteiger charge is 2.11. The van der Waals surface area contributed by atoms with Gasteiger partial charge < -0.3 is 5.32 Å². The van der Waals surface area contributed by atoms with E-state index in [-0.39, 0.29) is 5.91 Å². The Balaban J connectivity index is 2.15. The summed E-state index contributed by atoms with van der Waals surface area (Å²) in [6.07, 6.45) is 1.75. The van der Waals surface area contributed by atoms with Gasteiger partial charge in [0, 0.05) is 28.9 Å². The first kappa shape index (κ1) is 13.5. The third kappa shape index (κ3) is 3.32. The minimum atomic E-state index is -0.116. The molecular formula is C14H17N3OS. The van der Waals surface area contributed by atoms with Gasteiger partial charge in [-0.2, -0.15) is 0 Å². The molecule has 1 aromatic heterocycles. The maximum Gasteiger partial charge on any atom is 0.257 e. The Bertz CT molecular complexity index is 592. The van der Waals surface area contributed by atoms with Crippen LogP contribution in [0.2, 0.25) is 0 Å². The van der Waals surface area contributed by atoms with Crippen molar-refractivity contribution in [2.24, 2.45) is 0 Å². The molecule has 1 heterocycles. The molecule has 0 radical (unpaired) electrons. The molecule has 0 fully saturated rings. The van der Waals surface area contributed by atoms with Crippen molar-refractivity contribution < 1.29 is 4.79 Å². The highest BCUT2D eigenvalue weighted by molar-refractivity contribution is 7.15. The van der Waals surface area contributed by atoms with Crippen molar-refractivity contribution >= 4 is 28.1 Å². The molecule has 0 unspecified atom stereocenters. The van der Waals surface area contributed by atoms with E-state index in [0.717, 1.165) is 22.7 Å². The molecule has 0 saturated carbocycles. The minimum absolute atomic E-state index is 0.116. The highest BCUT2D eigenvalue weighted by Crippen LogP contribution is 2.20. The fourth-order valence-corrected chi connectivity index (χ4v) is 2.47. The SMILES string of the molecule is CCNc1ccc(C(=O)Nc2ncc(C)s2)c(C)c1. The molecule has 4 nitrogen and oxygen atoms in total. The molecule has 0 aliphatic rings. The van der Waals surface area contributed by atoms with Crippen LogP contribution in [0.1, 0.15) is 27.7 Å². The van der Waals surface area contributed by atoms with Crippen LogP contribution >= 0.6 is 11.3 Å². The van der Waals surface area contributed by atoms with Crippen molar-refractivity contribution in [3.63, 3.8) is 0 Å². The Morgan fingerprint density at radius 2 is 2.16 bits per heavy atom. The minimum Gasteiger partial charge on any atom is -0.385 e. The topological polar surface area (TPSA) is 54.0 Å². The van der Waals surface area contributed by atoms with Crippen molar-refractivity contribution in [1.82, 2.24) is 4.98 Å². The van der Waals surface area contributed by atoms with E-state index in [4.69, 9.17) is 0 Å². The Morgan fingerprint density at radius 1 is 1.37 bits per heavy atom. The highest BCUT2D eigenvalue weighted by atomic mass is 32.1. The molecule has 2 rings (SSSR count). The lowest BCUT2D eigenvalue weighted by molar-refractivity contribution is 0.102. The molecule has 0 atom stereocenters. The second-order valence-electron chi connectivity index (χ2n) is 4.29. The lowest BCUT2D eigenvalue weighted by atomic mass is 10.1. The predicted octanol–water partition coefficient (Wildman–Crippen LogP) is 3.44. The zero-order chi connectivity index (χ0) is 13.8. The molecule has 19 heavy (non-hydrogen) atoms. The number of amides is 1. The zero-order valence-electron chi connectivity index (χ0n) is 11.3. The Kier molecular flexibility index (Phi) is 4.16. The number of carbonyl (C=O) groups excluding carboxylic acids is 1. The van der Waals surface area contributed by atoms with E-state index in [0.29, 0.717) is 10.7 Å². The molecule has 0 aliphatic heterocycles. The summed E-state index contributed by atoms with van der Waals surface area (Å²) in [7, 11) is 0. The summed E-state index contributed by atoms with van der Waals surface area (Å²) in [4.78, 5) is 17.4. The lowest BCUT2D eigenvalue weighted by Crippen LogP contribution is -2.13. The van der Waals surface area contributed by atoms with Crippen LogP contribution in [0.5, 0.6) is 0 Å². The fraction of sp³-hybridized carbons (Fsp3) is 0.286. The molecule has 1 aromatic carbocycles. The molecule has 100 valence electrons. The van der Waals surface area contributed by atoms with Gasteiger partial charge in [0.05, 0.1) is 0 Å². The third-order valence-corrected chi connectivity index (χ3v) is 3.52. The van der Waals surface area contributed by atoms with Gasteiger partial charge in [-0.3, -0.25) is 10.1 Å². The maximum atomic E-state index is 12.1. The van der Waals surface area contributed by atoms with Gasteiger partial charge in [-0.15, -0.1) is 11.3 Å². The molecule has 2 N–H and O–H groups in total. The number of benzene rings is 1. The van der Waals surface area contributed by atoms with Crippen molar-refractivity contribution in [2.45, 2.75) is 20.8 Å². The van der Waals surface area contributed by atoms with Crippen molar-refractivity contribution in [3.8, 4) is 0 Å². The van der Waals surface area contributed by atoms with Crippen LogP contribution in [0, 0.1) is 13.8 Å². The second kappa shape index (κ2) is 5.84. The quantitative estimate of drug-likeness (QED) is 0.898. The van der Waals surface area contributed by atoms with Crippen LogP contribution in [0.25, 0.3) is 0 Å². The Hall–Kier alpha value is -1.88. The summed E-state index contributed by atoms with van der Waals surface area (Å²) in [5.74, 6) is -0.116. The molecule has 5 heteroatoms. The van der Waals surface area contributed by atoms with Gasteiger partial charge in [-0.1, -0.05) is 0 Å². The van der Waals surface area contributed by atoms with E-state index >= 15 is 0 Å². The number of nitrogens with one attached hydrogen (secondary N) is 2. The largest absolute Gasteiger partial charge is 0.385 e. The first-order valence-corrected chi connectivity index (χ1v) is 7.00. The van der Waals surface area contributed by atoms with E-state index in [2.05, 4.69) is 15.6 Å². The number of thiazole rings is 1. The van der Waals surface area contributed by atoms with Gasteiger partial charge in [-0.05, 0) is 44.5 Å². The molecule has 2 aromatic rings. The average molecular weight is 275 g/mol. The van der Waals surface area contributed by atoms with E-state index in [1.165, 1.54) is 11.3 Å². The number of hydrogen-bond donors (Lipinski definition) is 2. The van der Waals surface area contributed by atoms with Gasteiger partial charge >= 0.3 is 0 Å². The summed E-state index contributed by atoms with van der Waals surface area (Å²) in [5.41, 5.74) is 2.65. The summed E-state index contributed by atoms with van der Waals surface area (Å²) in [5, 5.41) is 6.68. The van der Waals surface area contributed by atoms with Gasteiger partial charge in [0.2, 0.25) is 0 Å². The van der Waals surface area contributed by atoms with Crippen LogP contribution in [0.15, 0.2) is 24.4 Å². The summed E-state index contributed by atoms with van der Waals surface area (Å²) in [6.45, 7) is 6.80. The van der Waals surface area contributed by atoms with Gasteiger partial charge in [-0.25, -0.2) is 4.98 Å². The number of nitrogens with zero attached hydrogens (tertiary/aromatic N) is 1. The van der Waals surface area contributed by atoms with E-state index < -0.39 is 0 Å². The van der Waals surface area contributed by atoms with Crippen LogP contribution < -0.4 is 10.6 Å². The third-order valence-electron chi connectivity index (χ3n) is 2.69. The van der Waals surface area contributed by atoms with Crippen LogP contribution in [0.3, 0.4) is 0 Å². The number of anilines is 2. The van der Waals surface area contributed by atoms with Crippen LogP contribution in [-0.4, -0.2) is 17.4 Å². The fourth-order valence-electron chi connectivity index (χ4n) is 1.81. The van der Waals surface area contributed by atoms with Crippen molar-refractivity contribution in [3.05, 3.63) is 40.4 Å². The lowest BCUT2D eigenvalue weighted by Gasteiger charge is -2.08. The summed E-state index contributed by atoms with van der Waals surface area (Å²) >= 11 is 1.47. The van der Waals surface area contributed by atoms with E-state index in [1.807, 2.05) is 39.0 Å². The number of aromatic nitrogens is 1. The number of aryl methyl sites for hydroxylation is 2.